The molecule has 188 valence electrons. The van der Waals surface area contributed by atoms with E-state index >= 15 is 0 Å². The molecule has 2 unspecified atom stereocenters. The van der Waals surface area contributed by atoms with Gasteiger partial charge >= 0.3 is 6.09 Å². The van der Waals surface area contributed by atoms with Gasteiger partial charge in [-0.15, -0.1) is 0 Å². The molecular weight excluding hydrogens is 467 g/mol. The van der Waals surface area contributed by atoms with Gasteiger partial charge in [0.1, 0.15) is 23.7 Å². The third-order valence-corrected chi connectivity index (χ3v) is 6.03. The minimum absolute atomic E-state index is 0.0599. The Bertz CT molecular complexity index is 1250. The van der Waals surface area contributed by atoms with Crippen LogP contribution in [0.3, 0.4) is 0 Å². The molecule has 1 aromatic heterocycles. The second-order valence-corrected chi connectivity index (χ2v) is 8.64. The smallest absolute Gasteiger partial charge is 0.414 e. The number of nitrogens with two attached hydrogens (primary N) is 2. The van der Waals surface area contributed by atoms with Crippen molar-refractivity contribution in [1.29, 1.82) is 0 Å². The monoisotopic (exact) mass is 494 g/mol. The van der Waals surface area contributed by atoms with Gasteiger partial charge in [-0.2, -0.15) is 0 Å². The number of nitrogens with one attached hydrogen (secondary N) is 2. The van der Waals surface area contributed by atoms with Gasteiger partial charge < -0.3 is 26.5 Å². The molecule has 4 rings (SSSR count). The Morgan fingerprint density at radius 2 is 2.00 bits per heavy atom. The summed E-state index contributed by atoms with van der Waals surface area (Å²) in [5.41, 5.74) is 14.6. The maximum absolute atomic E-state index is 15.0. The van der Waals surface area contributed by atoms with Crippen LogP contribution in [-0.2, 0) is 27.3 Å². The van der Waals surface area contributed by atoms with E-state index in [4.69, 9.17) is 16.2 Å². The molecule has 0 aliphatic carbocycles. The van der Waals surface area contributed by atoms with E-state index in [1.165, 1.54) is 24.2 Å². The van der Waals surface area contributed by atoms with Gasteiger partial charge in [-0.3, -0.25) is 14.5 Å². The number of imidazole rings is 1. The lowest BCUT2D eigenvalue weighted by molar-refractivity contribution is -0.122. The molecule has 2 aromatic carbocycles. The van der Waals surface area contributed by atoms with Gasteiger partial charge in [0.15, 0.2) is 0 Å². The van der Waals surface area contributed by atoms with Crippen LogP contribution in [0.2, 0.25) is 0 Å². The lowest BCUT2D eigenvalue weighted by Gasteiger charge is -2.16. The van der Waals surface area contributed by atoms with Crippen LogP contribution in [0.25, 0.3) is 11.1 Å². The molecule has 1 aliphatic heterocycles. The third-order valence-electron chi connectivity index (χ3n) is 6.03. The summed E-state index contributed by atoms with van der Waals surface area (Å²) in [6.45, 7) is 1.66. The number of Topliss-reactive ketones (excluding diaryl/α,β-unsaturated/α-hetero) is 1. The SMILES string of the molecule is CC(=O)[C@@H](N)C1CN(c2ccc(-c3ccc(CNC(=O)C(N)Cc4cnc[nH]4)cc3)c(F)c2)C(=O)O1. The van der Waals surface area contributed by atoms with E-state index in [9.17, 15) is 18.8 Å². The van der Waals surface area contributed by atoms with Crippen LogP contribution in [0, 0.1) is 5.82 Å². The van der Waals surface area contributed by atoms with Crippen molar-refractivity contribution in [3.8, 4) is 11.1 Å². The molecule has 3 aromatic rings. The number of cyclic esters (lactones) is 1. The molecule has 0 radical (unpaired) electrons. The highest BCUT2D eigenvalue weighted by Gasteiger charge is 2.37. The van der Waals surface area contributed by atoms with E-state index < -0.39 is 30.1 Å². The van der Waals surface area contributed by atoms with E-state index in [2.05, 4.69) is 15.3 Å². The minimum atomic E-state index is -0.932. The Morgan fingerprint density at radius 3 is 2.64 bits per heavy atom. The largest absolute Gasteiger partial charge is 0.442 e. The Balaban J connectivity index is 1.37. The summed E-state index contributed by atoms with van der Waals surface area (Å²) < 4.78 is 20.1. The van der Waals surface area contributed by atoms with Crippen molar-refractivity contribution in [3.63, 3.8) is 0 Å². The van der Waals surface area contributed by atoms with E-state index in [-0.39, 0.29) is 24.8 Å². The van der Waals surface area contributed by atoms with Crippen molar-refractivity contribution < 1.29 is 23.5 Å². The van der Waals surface area contributed by atoms with Crippen molar-refractivity contribution in [2.45, 2.75) is 38.1 Å². The highest BCUT2D eigenvalue weighted by molar-refractivity contribution is 5.92. The normalized spacial score (nSPS) is 16.9. The fraction of sp³-hybridized carbons (Fsp3) is 0.280. The predicted octanol–water partition coefficient (Wildman–Crippen LogP) is 1.64. The highest BCUT2D eigenvalue weighted by Crippen LogP contribution is 2.29. The fourth-order valence-corrected chi connectivity index (χ4v) is 3.90. The summed E-state index contributed by atoms with van der Waals surface area (Å²) in [4.78, 5) is 44.0. The zero-order chi connectivity index (χ0) is 25.8. The quantitative estimate of drug-likeness (QED) is 0.352. The van der Waals surface area contributed by atoms with Crippen molar-refractivity contribution in [2.75, 3.05) is 11.4 Å². The van der Waals surface area contributed by atoms with Crippen LogP contribution in [0.4, 0.5) is 14.9 Å². The molecule has 6 N–H and O–H groups in total. The number of hydrogen-bond acceptors (Lipinski definition) is 7. The summed E-state index contributed by atoms with van der Waals surface area (Å²) in [6.07, 6.45) is 2.03. The molecular formula is C25H27FN6O4. The zero-order valence-corrected chi connectivity index (χ0v) is 19.6. The summed E-state index contributed by atoms with van der Waals surface area (Å²) in [5.74, 6) is -1.11. The van der Waals surface area contributed by atoms with Crippen LogP contribution in [0.5, 0.6) is 0 Å². The predicted molar refractivity (Wildman–Crippen MR) is 130 cm³/mol. The van der Waals surface area contributed by atoms with Gasteiger partial charge in [0.05, 0.1) is 24.6 Å². The second-order valence-electron chi connectivity index (χ2n) is 8.64. The number of anilines is 1. The molecule has 11 heteroatoms. The number of halogens is 1. The maximum atomic E-state index is 15.0. The summed E-state index contributed by atoms with van der Waals surface area (Å²) in [5, 5.41) is 2.79. The van der Waals surface area contributed by atoms with E-state index in [0.717, 1.165) is 11.3 Å². The lowest BCUT2D eigenvalue weighted by Crippen LogP contribution is -2.43. The Labute approximate surface area is 206 Å². The number of aromatic nitrogens is 2. The average Bonchev–Trinajstić information content (AvgIpc) is 3.51. The van der Waals surface area contributed by atoms with Crippen molar-refractivity contribution in [1.82, 2.24) is 15.3 Å². The number of hydrogen-bond donors (Lipinski definition) is 4. The Morgan fingerprint density at radius 1 is 1.25 bits per heavy atom. The molecule has 1 saturated heterocycles. The number of carbonyl (C=O) groups excluding carboxylic acids is 3. The first-order valence-corrected chi connectivity index (χ1v) is 11.4. The first-order valence-electron chi connectivity index (χ1n) is 11.4. The summed E-state index contributed by atoms with van der Waals surface area (Å²) in [7, 11) is 0. The van der Waals surface area contributed by atoms with Crippen LogP contribution in [0.1, 0.15) is 18.2 Å². The molecule has 10 nitrogen and oxygen atoms in total. The van der Waals surface area contributed by atoms with Gasteiger partial charge in [0.2, 0.25) is 5.91 Å². The van der Waals surface area contributed by atoms with E-state index in [0.29, 0.717) is 23.2 Å². The second kappa shape index (κ2) is 10.7. The standard InChI is InChI=1S/C25H27FN6O4/c1-14(33)23(28)22-12-32(25(35)36-22)18-6-7-19(20(26)9-18)16-4-2-15(3-5-16)10-30-24(34)21(27)8-17-11-29-13-31-17/h2-7,9,11,13,21-23H,8,10,12,27-28H2,1H3,(H,29,31)(H,30,34)/t21?,22?,23-/m1/s1. The molecule has 2 amide bonds. The third kappa shape index (κ3) is 5.58. The van der Waals surface area contributed by atoms with Crippen molar-refractivity contribution in [2.24, 2.45) is 11.5 Å². The van der Waals surface area contributed by atoms with Crippen LogP contribution < -0.4 is 21.7 Å². The first kappa shape index (κ1) is 25.0. The van der Waals surface area contributed by atoms with Gasteiger partial charge in [0, 0.05) is 30.4 Å². The number of aromatic amines is 1. The van der Waals surface area contributed by atoms with Gasteiger partial charge in [-0.25, -0.2) is 14.2 Å². The number of carbonyl (C=O) groups is 3. The number of benzene rings is 2. The zero-order valence-electron chi connectivity index (χ0n) is 19.6. The van der Waals surface area contributed by atoms with Crippen molar-refractivity contribution >= 4 is 23.5 Å². The van der Waals surface area contributed by atoms with Gasteiger partial charge in [-0.1, -0.05) is 24.3 Å². The lowest BCUT2D eigenvalue weighted by atomic mass is 10.0. The minimum Gasteiger partial charge on any atom is -0.442 e. The van der Waals surface area contributed by atoms with E-state index in [1.54, 1.807) is 42.6 Å². The number of rotatable bonds is 9. The molecule has 1 aliphatic rings. The molecule has 0 saturated carbocycles. The molecule has 2 heterocycles. The fourth-order valence-electron chi connectivity index (χ4n) is 3.90. The van der Waals surface area contributed by atoms with Gasteiger partial charge in [0.25, 0.3) is 0 Å². The average molecular weight is 495 g/mol. The molecule has 36 heavy (non-hydrogen) atoms. The maximum Gasteiger partial charge on any atom is 0.414 e. The highest BCUT2D eigenvalue weighted by atomic mass is 19.1. The van der Waals surface area contributed by atoms with Gasteiger partial charge in [-0.05, 0) is 36.2 Å². The first-order chi connectivity index (χ1) is 17.2. The summed E-state index contributed by atoms with van der Waals surface area (Å²) in [6, 6.07) is 9.85. The Hall–Kier alpha value is -4.09. The van der Waals surface area contributed by atoms with Crippen LogP contribution in [0.15, 0.2) is 55.0 Å². The molecule has 1 fully saturated rings. The van der Waals surface area contributed by atoms with E-state index in [1.807, 2.05) is 0 Å². The number of H-pyrrole nitrogens is 1. The number of amides is 2. The van der Waals surface area contributed by atoms with Crippen molar-refractivity contribution in [3.05, 3.63) is 72.1 Å². The number of ether oxygens (including phenoxy) is 1. The number of nitrogens with zero attached hydrogens (tertiary/aromatic N) is 2. The molecule has 3 atom stereocenters. The number of ketones is 1. The van der Waals surface area contributed by atoms with Crippen LogP contribution >= 0.6 is 0 Å². The summed E-state index contributed by atoms with van der Waals surface area (Å²) >= 11 is 0. The topological polar surface area (TPSA) is 156 Å². The molecule has 0 spiro atoms. The molecule has 0 bridgehead atoms. The van der Waals surface area contributed by atoms with Crippen LogP contribution in [-0.4, -0.2) is 52.5 Å². The Kier molecular flexibility index (Phi) is 7.41.